The van der Waals surface area contributed by atoms with E-state index in [4.69, 9.17) is 4.74 Å². The molecule has 0 atom stereocenters. The lowest BCUT2D eigenvalue weighted by Gasteiger charge is -2.26. The molecule has 0 bridgehead atoms. The first-order chi connectivity index (χ1) is 13.2. The van der Waals surface area contributed by atoms with Gasteiger partial charge in [-0.2, -0.15) is 0 Å². The van der Waals surface area contributed by atoms with E-state index in [1.165, 1.54) is 0 Å². The number of benzene rings is 2. The summed E-state index contributed by atoms with van der Waals surface area (Å²) >= 11 is 0. The van der Waals surface area contributed by atoms with Crippen molar-refractivity contribution < 1.29 is 14.6 Å². The molecular formula is C20H22N4O3. The summed E-state index contributed by atoms with van der Waals surface area (Å²) in [5, 5.41) is 22.8. The van der Waals surface area contributed by atoms with Gasteiger partial charge >= 0.3 is 5.97 Å². The molecule has 0 spiro atoms. The summed E-state index contributed by atoms with van der Waals surface area (Å²) in [6.07, 6.45) is 1.92. The van der Waals surface area contributed by atoms with Crippen molar-refractivity contribution in [1.29, 1.82) is 0 Å². The Labute approximate surface area is 157 Å². The number of ether oxygens (including phenoxy) is 1. The van der Waals surface area contributed by atoms with E-state index in [9.17, 15) is 9.90 Å². The van der Waals surface area contributed by atoms with Crippen molar-refractivity contribution in [2.45, 2.75) is 38.5 Å². The van der Waals surface area contributed by atoms with Gasteiger partial charge in [-0.3, -0.25) is 0 Å². The van der Waals surface area contributed by atoms with Crippen molar-refractivity contribution in [3.63, 3.8) is 0 Å². The minimum Gasteiger partial charge on any atom is -0.455 e. The van der Waals surface area contributed by atoms with Crippen LogP contribution in [0.4, 0.5) is 0 Å². The number of aliphatic hydroxyl groups is 1. The average molecular weight is 366 g/mol. The van der Waals surface area contributed by atoms with Crippen molar-refractivity contribution in [3.8, 4) is 0 Å². The molecule has 0 aliphatic carbocycles. The van der Waals surface area contributed by atoms with Gasteiger partial charge in [0.15, 0.2) is 12.4 Å². The number of carbonyl (C=O) groups is 1. The molecule has 1 heterocycles. The number of aromatic nitrogens is 4. The molecule has 7 nitrogen and oxygen atoms in total. The highest BCUT2D eigenvalue weighted by molar-refractivity contribution is 5.85. The average Bonchev–Trinajstić information content (AvgIpc) is 3.18. The maximum Gasteiger partial charge on any atom is 0.348 e. The molecule has 1 N–H and O–H groups in total. The Morgan fingerprint density at radius 1 is 1.07 bits per heavy atom. The number of carbonyl (C=O) groups excluding carboxylic acids is 1. The number of esters is 1. The Balaban J connectivity index is 1.84. The first-order valence-electron chi connectivity index (χ1n) is 8.92. The quantitative estimate of drug-likeness (QED) is 0.616. The molecule has 0 saturated heterocycles. The number of aryl methyl sites for hydroxylation is 1. The third-order valence-electron chi connectivity index (χ3n) is 4.34. The Hall–Kier alpha value is -3.06. The molecule has 0 amide bonds. The van der Waals surface area contributed by atoms with Crippen LogP contribution >= 0.6 is 0 Å². The zero-order valence-corrected chi connectivity index (χ0v) is 15.2. The number of hydrogen-bond acceptors (Lipinski definition) is 6. The first-order valence-corrected chi connectivity index (χ1v) is 8.92. The van der Waals surface area contributed by atoms with E-state index in [1.54, 1.807) is 53.2 Å². The standard InChI is InChI=1S/C20H22N4O3/c1-2-3-14-24-18(21-22-23-24)15-27-19(25)20(26,16-10-6-4-7-11-16)17-12-8-5-9-13-17/h4-13,26H,2-3,14-15H2,1H3. The molecule has 0 aliphatic heterocycles. The van der Waals surface area contributed by atoms with Gasteiger partial charge in [-0.15, -0.1) is 5.10 Å². The summed E-state index contributed by atoms with van der Waals surface area (Å²) in [5.74, 6) is -0.329. The van der Waals surface area contributed by atoms with E-state index in [0.717, 1.165) is 12.8 Å². The summed E-state index contributed by atoms with van der Waals surface area (Å²) < 4.78 is 7.04. The molecule has 2 aromatic carbocycles. The molecule has 0 aliphatic rings. The van der Waals surface area contributed by atoms with Gasteiger partial charge < -0.3 is 9.84 Å². The number of nitrogens with zero attached hydrogens (tertiary/aromatic N) is 4. The van der Waals surface area contributed by atoms with Gasteiger partial charge in [-0.05, 0) is 28.0 Å². The van der Waals surface area contributed by atoms with Gasteiger partial charge in [-0.25, -0.2) is 9.48 Å². The zero-order valence-electron chi connectivity index (χ0n) is 15.2. The van der Waals surface area contributed by atoms with E-state index in [2.05, 4.69) is 22.4 Å². The van der Waals surface area contributed by atoms with E-state index in [0.29, 0.717) is 23.5 Å². The fourth-order valence-corrected chi connectivity index (χ4v) is 2.80. The monoisotopic (exact) mass is 366 g/mol. The zero-order chi connectivity index (χ0) is 19.1. The third kappa shape index (κ3) is 4.03. The predicted octanol–water partition coefficient (Wildman–Crippen LogP) is 2.45. The van der Waals surface area contributed by atoms with Crippen LogP contribution in [-0.4, -0.2) is 31.3 Å². The maximum atomic E-state index is 12.9. The van der Waals surface area contributed by atoms with Crippen LogP contribution in [0.25, 0.3) is 0 Å². The van der Waals surface area contributed by atoms with Crippen molar-refractivity contribution in [1.82, 2.24) is 20.2 Å². The van der Waals surface area contributed by atoms with Crippen LogP contribution in [0.2, 0.25) is 0 Å². The van der Waals surface area contributed by atoms with E-state index >= 15 is 0 Å². The molecule has 3 rings (SSSR count). The molecule has 0 unspecified atom stereocenters. The second kappa shape index (κ2) is 8.55. The van der Waals surface area contributed by atoms with Gasteiger partial charge in [0.05, 0.1) is 0 Å². The highest BCUT2D eigenvalue weighted by atomic mass is 16.6. The second-order valence-electron chi connectivity index (χ2n) is 6.19. The van der Waals surface area contributed by atoms with Gasteiger partial charge in [0.1, 0.15) is 0 Å². The summed E-state index contributed by atoms with van der Waals surface area (Å²) in [6, 6.07) is 17.5. The van der Waals surface area contributed by atoms with Crippen LogP contribution in [0, 0.1) is 0 Å². The van der Waals surface area contributed by atoms with Crippen molar-refractivity contribution in [2.24, 2.45) is 0 Å². The van der Waals surface area contributed by atoms with E-state index in [-0.39, 0.29) is 6.61 Å². The largest absolute Gasteiger partial charge is 0.455 e. The van der Waals surface area contributed by atoms with Crippen LogP contribution in [-0.2, 0) is 28.3 Å². The lowest BCUT2D eigenvalue weighted by atomic mass is 9.86. The minimum atomic E-state index is -1.91. The molecule has 0 saturated carbocycles. The highest BCUT2D eigenvalue weighted by Gasteiger charge is 2.41. The van der Waals surface area contributed by atoms with Crippen LogP contribution < -0.4 is 0 Å². The Morgan fingerprint density at radius 2 is 1.67 bits per heavy atom. The number of rotatable bonds is 8. The van der Waals surface area contributed by atoms with Gasteiger partial charge in [0.25, 0.3) is 0 Å². The fourth-order valence-electron chi connectivity index (χ4n) is 2.80. The molecule has 0 fully saturated rings. The number of tetrazole rings is 1. The van der Waals surface area contributed by atoms with Crippen molar-refractivity contribution in [3.05, 3.63) is 77.6 Å². The van der Waals surface area contributed by atoms with Crippen LogP contribution in [0.3, 0.4) is 0 Å². The number of hydrogen-bond donors (Lipinski definition) is 1. The Bertz CT molecular complexity index is 826. The number of unbranched alkanes of at least 4 members (excludes halogenated alkanes) is 1. The minimum absolute atomic E-state index is 0.114. The first kappa shape index (κ1) is 18.7. The SMILES string of the molecule is CCCCn1nnnc1COC(=O)C(O)(c1ccccc1)c1ccccc1. The van der Waals surface area contributed by atoms with Crippen LogP contribution in [0.5, 0.6) is 0 Å². The molecule has 3 aromatic rings. The van der Waals surface area contributed by atoms with E-state index < -0.39 is 11.6 Å². The summed E-state index contributed by atoms with van der Waals surface area (Å²) in [4.78, 5) is 12.9. The summed E-state index contributed by atoms with van der Waals surface area (Å²) in [6.45, 7) is 2.61. The molecule has 0 radical (unpaired) electrons. The maximum absolute atomic E-state index is 12.9. The lowest BCUT2D eigenvalue weighted by molar-refractivity contribution is -0.164. The van der Waals surface area contributed by atoms with Gasteiger partial charge in [0.2, 0.25) is 5.60 Å². The molecule has 1 aromatic heterocycles. The molecule has 27 heavy (non-hydrogen) atoms. The smallest absolute Gasteiger partial charge is 0.348 e. The third-order valence-corrected chi connectivity index (χ3v) is 4.34. The molecule has 7 heteroatoms. The Morgan fingerprint density at radius 3 is 2.22 bits per heavy atom. The normalized spacial score (nSPS) is 11.3. The second-order valence-corrected chi connectivity index (χ2v) is 6.19. The van der Waals surface area contributed by atoms with E-state index in [1.807, 2.05) is 12.1 Å². The Kier molecular flexibility index (Phi) is 5.93. The predicted molar refractivity (Wildman–Crippen MR) is 98.4 cm³/mol. The van der Waals surface area contributed by atoms with Crippen LogP contribution in [0.15, 0.2) is 60.7 Å². The van der Waals surface area contributed by atoms with Gasteiger partial charge in [0, 0.05) is 6.54 Å². The van der Waals surface area contributed by atoms with Gasteiger partial charge in [-0.1, -0.05) is 74.0 Å². The molecular weight excluding hydrogens is 344 g/mol. The highest BCUT2D eigenvalue weighted by Crippen LogP contribution is 2.31. The fraction of sp³-hybridized carbons (Fsp3) is 0.300. The lowest BCUT2D eigenvalue weighted by Crippen LogP contribution is -2.38. The topological polar surface area (TPSA) is 90.1 Å². The molecule has 140 valence electrons. The summed E-state index contributed by atoms with van der Waals surface area (Å²) in [5.41, 5.74) is -1.04. The van der Waals surface area contributed by atoms with Crippen LogP contribution in [0.1, 0.15) is 36.7 Å². The van der Waals surface area contributed by atoms with Crippen molar-refractivity contribution >= 4 is 5.97 Å². The summed E-state index contributed by atoms with van der Waals surface area (Å²) in [7, 11) is 0. The van der Waals surface area contributed by atoms with Crippen molar-refractivity contribution in [2.75, 3.05) is 0 Å².